The molecule has 3 rings (SSSR count). The van der Waals surface area contributed by atoms with Crippen molar-refractivity contribution < 1.29 is 19.1 Å². The molecule has 0 unspecified atom stereocenters. The molecule has 1 fully saturated rings. The van der Waals surface area contributed by atoms with Crippen LogP contribution in [0.2, 0.25) is 10.2 Å². The van der Waals surface area contributed by atoms with Crippen LogP contribution in [-0.4, -0.2) is 40.0 Å². The van der Waals surface area contributed by atoms with Crippen LogP contribution < -0.4 is 0 Å². The Morgan fingerprint density at radius 2 is 1.93 bits per heavy atom. The van der Waals surface area contributed by atoms with Crippen LogP contribution in [0, 0.1) is 22.6 Å². The number of benzene rings is 1. The van der Waals surface area contributed by atoms with E-state index >= 15 is 0 Å². The Hall–Kier alpha value is -2.69. The lowest BCUT2D eigenvalue weighted by molar-refractivity contribution is -0.151. The number of carboxylic acid groups (broad SMARTS) is 1. The normalized spacial score (nSPS) is 15.6. The second-order valence-electron chi connectivity index (χ2n) is 6.91. The molecule has 0 radical (unpaired) electrons. The minimum absolute atomic E-state index is 0.0228. The highest BCUT2D eigenvalue weighted by Gasteiger charge is 2.43. The maximum absolute atomic E-state index is 14.2. The maximum Gasteiger partial charge on any atom is 0.310 e. The van der Waals surface area contributed by atoms with Crippen LogP contribution in [0.3, 0.4) is 0 Å². The highest BCUT2D eigenvalue weighted by atomic mass is 35.5. The van der Waals surface area contributed by atoms with E-state index in [2.05, 4.69) is 4.98 Å². The van der Waals surface area contributed by atoms with Gasteiger partial charge in [0.25, 0.3) is 5.91 Å². The fourth-order valence-corrected chi connectivity index (χ4v) is 3.83. The van der Waals surface area contributed by atoms with Crippen molar-refractivity contribution in [3.8, 4) is 6.07 Å². The van der Waals surface area contributed by atoms with Crippen molar-refractivity contribution in [1.82, 2.24) is 9.88 Å². The predicted octanol–water partition coefficient (Wildman–Crippen LogP) is 3.95. The van der Waals surface area contributed by atoms with Gasteiger partial charge in [-0.15, -0.1) is 0 Å². The van der Waals surface area contributed by atoms with Gasteiger partial charge in [0, 0.05) is 25.2 Å². The summed E-state index contributed by atoms with van der Waals surface area (Å²) in [4.78, 5) is 30.2. The molecule has 1 aliphatic heterocycles. The Morgan fingerprint density at radius 1 is 1.24 bits per heavy atom. The number of hydrogen-bond acceptors (Lipinski definition) is 4. The van der Waals surface area contributed by atoms with E-state index in [1.807, 2.05) is 6.07 Å². The largest absolute Gasteiger partial charge is 0.481 e. The highest BCUT2D eigenvalue weighted by molar-refractivity contribution is 6.31. The number of carbonyl (C=O) groups excluding carboxylic acids is 1. The molecule has 1 saturated heterocycles. The summed E-state index contributed by atoms with van der Waals surface area (Å²) in [6.07, 6.45) is 0.465. The van der Waals surface area contributed by atoms with Gasteiger partial charge in [0.05, 0.1) is 21.6 Å². The molecule has 9 heteroatoms. The number of hydrogen-bond donors (Lipinski definition) is 1. The molecule has 0 aliphatic carbocycles. The lowest BCUT2D eigenvalue weighted by atomic mass is 9.74. The molecule has 0 saturated carbocycles. The fraction of sp³-hybridized carbons (Fsp3) is 0.300. The zero-order chi connectivity index (χ0) is 21.2. The number of carbonyl (C=O) groups is 2. The zero-order valence-electron chi connectivity index (χ0n) is 15.2. The zero-order valence-corrected chi connectivity index (χ0v) is 16.7. The van der Waals surface area contributed by atoms with Crippen LogP contribution in [0.25, 0.3) is 0 Å². The predicted molar refractivity (Wildman–Crippen MR) is 104 cm³/mol. The van der Waals surface area contributed by atoms with Crippen LogP contribution in [0.5, 0.6) is 0 Å². The molecule has 0 bridgehead atoms. The number of aliphatic carboxylic acids is 1. The average molecular weight is 436 g/mol. The van der Waals surface area contributed by atoms with Gasteiger partial charge >= 0.3 is 5.97 Å². The number of amides is 1. The first kappa shape index (κ1) is 21.0. The van der Waals surface area contributed by atoms with Crippen LogP contribution in [0.4, 0.5) is 4.39 Å². The molecule has 150 valence electrons. The number of halogens is 3. The smallest absolute Gasteiger partial charge is 0.310 e. The van der Waals surface area contributed by atoms with Gasteiger partial charge in [0.15, 0.2) is 5.82 Å². The van der Waals surface area contributed by atoms with E-state index in [0.717, 1.165) is 0 Å². The van der Waals surface area contributed by atoms with E-state index in [4.69, 9.17) is 28.5 Å². The van der Waals surface area contributed by atoms with Crippen molar-refractivity contribution in [2.24, 2.45) is 5.41 Å². The Kier molecular flexibility index (Phi) is 6.06. The van der Waals surface area contributed by atoms with Gasteiger partial charge < -0.3 is 10.0 Å². The quantitative estimate of drug-likeness (QED) is 0.733. The van der Waals surface area contributed by atoms with Gasteiger partial charge in [-0.2, -0.15) is 5.26 Å². The van der Waals surface area contributed by atoms with Gasteiger partial charge in [-0.3, -0.25) is 9.59 Å². The maximum atomic E-state index is 14.2. The molecule has 2 heterocycles. The van der Waals surface area contributed by atoms with Crippen molar-refractivity contribution >= 4 is 35.1 Å². The third kappa shape index (κ3) is 4.19. The van der Waals surface area contributed by atoms with E-state index < -0.39 is 23.1 Å². The first-order chi connectivity index (χ1) is 13.8. The van der Waals surface area contributed by atoms with E-state index in [0.29, 0.717) is 5.69 Å². The minimum atomic E-state index is -1.13. The summed E-state index contributed by atoms with van der Waals surface area (Å²) in [6.45, 7) is 0.308. The molecular weight excluding hydrogens is 420 g/mol. The summed E-state index contributed by atoms with van der Waals surface area (Å²) in [5.41, 5.74) is -0.601. The first-order valence-electron chi connectivity index (χ1n) is 8.79. The Labute approximate surface area is 176 Å². The monoisotopic (exact) mass is 435 g/mol. The number of aromatic nitrogens is 1. The summed E-state index contributed by atoms with van der Waals surface area (Å²) < 4.78 is 14.2. The molecule has 6 nitrogen and oxygen atoms in total. The molecule has 2 aromatic rings. The van der Waals surface area contributed by atoms with Gasteiger partial charge in [-0.25, -0.2) is 9.37 Å². The second-order valence-corrected chi connectivity index (χ2v) is 7.67. The van der Waals surface area contributed by atoms with Crippen molar-refractivity contribution in [3.63, 3.8) is 0 Å². The fourth-order valence-electron chi connectivity index (χ4n) is 3.44. The topological polar surface area (TPSA) is 94.3 Å². The van der Waals surface area contributed by atoms with E-state index in [1.165, 1.54) is 29.2 Å². The SMILES string of the molecule is N#Cc1ccc(CC2(C(=O)O)CCN(C(=O)c3cccc(Cl)c3F)CC2)nc1Cl. The van der Waals surface area contributed by atoms with Crippen LogP contribution in [-0.2, 0) is 11.2 Å². The van der Waals surface area contributed by atoms with Crippen LogP contribution in [0.1, 0.15) is 34.5 Å². The second kappa shape index (κ2) is 8.36. The van der Waals surface area contributed by atoms with Crippen molar-refractivity contribution in [2.75, 3.05) is 13.1 Å². The first-order valence-corrected chi connectivity index (χ1v) is 9.55. The van der Waals surface area contributed by atoms with E-state index in [-0.39, 0.29) is 53.7 Å². The molecule has 29 heavy (non-hydrogen) atoms. The summed E-state index contributed by atoms with van der Waals surface area (Å²) in [5, 5.41) is 18.7. The van der Waals surface area contributed by atoms with Crippen molar-refractivity contribution in [2.45, 2.75) is 19.3 Å². The number of rotatable bonds is 4. The Balaban J connectivity index is 1.77. The van der Waals surface area contributed by atoms with E-state index in [1.54, 1.807) is 6.07 Å². The summed E-state index contributed by atoms with van der Waals surface area (Å²) in [5.74, 6) is -2.31. The standard InChI is InChI=1S/C20H16Cl2FN3O3/c21-15-3-1-2-14(16(15)23)18(27)26-8-6-20(7-9-26,19(28)29)10-13-5-4-12(11-24)17(22)25-13/h1-5H,6-10H2,(H,28,29). The Morgan fingerprint density at radius 3 is 2.52 bits per heavy atom. The van der Waals surface area contributed by atoms with Gasteiger partial charge in [-0.05, 0) is 37.1 Å². The van der Waals surface area contributed by atoms with Crippen LogP contribution >= 0.6 is 23.2 Å². The molecule has 1 amide bonds. The molecule has 0 atom stereocenters. The number of nitrogens with zero attached hydrogens (tertiary/aromatic N) is 3. The number of pyridine rings is 1. The van der Waals surface area contributed by atoms with E-state index in [9.17, 15) is 19.1 Å². The summed E-state index contributed by atoms with van der Waals surface area (Å²) >= 11 is 11.7. The third-order valence-corrected chi connectivity index (χ3v) is 5.77. The lowest BCUT2D eigenvalue weighted by Gasteiger charge is -2.38. The molecule has 1 aromatic carbocycles. The summed E-state index contributed by atoms with van der Waals surface area (Å²) in [6, 6.07) is 9.18. The number of nitriles is 1. The Bertz CT molecular complexity index is 1010. The summed E-state index contributed by atoms with van der Waals surface area (Å²) in [7, 11) is 0. The molecule has 1 N–H and O–H groups in total. The number of carboxylic acids is 1. The average Bonchev–Trinajstić information content (AvgIpc) is 2.70. The third-order valence-electron chi connectivity index (χ3n) is 5.19. The molecule has 1 aromatic heterocycles. The minimum Gasteiger partial charge on any atom is -0.481 e. The highest BCUT2D eigenvalue weighted by Crippen LogP contribution is 2.36. The van der Waals surface area contributed by atoms with Gasteiger partial charge in [-0.1, -0.05) is 29.3 Å². The lowest BCUT2D eigenvalue weighted by Crippen LogP contribution is -2.47. The molecule has 0 spiro atoms. The van der Waals surface area contributed by atoms with Crippen molar-refractivity contribution in [1.29, 1.82) is 5.26 Å². The number of likely N-dealkylation sites (tertiary alicyclic amines) is 1. The van der Waals surface area contributed by atoms with Crippen LogP contribution in [0.15, 0.2) is 30.3 Å². The molecular formula is C20H16Cl2FN3O3. The van der Waals surface area contributed by atoms with Crippen molar-refractivity contribution in [3.05, 3.63) is 63.1 Å². The molecule has 1 aliphatic rings. The van der Waals surface area contributed by atoms with Gasteiger partial charge in [0.1, 0.15) is 11.2 Å². The number of piperidine rings is 1. The van der Waals surface area contributed by atoms with Gasteiger partial charge in [0.2, 0.25) is 0 Å².